The molecule has 2 amide bonds. The van der Waals surface area contributed by atoms with Gasteiger partial charge in [0.25, 0.3) is 0 Å². The van der Waals surface area contributed by atoms with Crippen LogP contribution in [0.1, 0.15) is 45.7 Å². The van der Waals surface area contributed by atoms with Gasteiger partial charge in [-0.05, 0) is 34.1 Å². The van der Waals surface area contributed by atoms with Crippen molar-refractivity contribution in [3.05, 3.63) is 18.0 Å². The molecule has 1 saturated heterocycles. The summed E-state index contributed by atoms with van der Waals surface area (Å²) >= 11 is 0. The standard InChI is InChI=1S/C18H31N5O3/c1-5-21(6-2)18(26)16-7-15(20-17(25)12-24)11-22(16)9-14-8-19-23(10-14)13(3)4/h8,10,13,15-16,24H,5-7,9,11-12H2,1-4H3,(H,20,25)/t15-,16-/m0/s1. The Balaban J connectivity index is 2.14. The molecule has 146 valence electrons. The number of likely N-dealkylation sites (tertiary alicyclic amines) is 1. The Kier molecular flexibility index (Phi) is 7.16. The molecule has 1 fully saturated rings. The van der Waals surface area contributed by atoms with Crippen LogP contribution in [0, 0.1) is 0 Å². The van der Waals surface area contributed by atoms with Gasteiger partial charge < -0.3 is 15.3 Å². The van der Waals surface area contributed by atoms with Gasteiger partial charge in [0, 0.05) is 50.0 Å². The summed E-state index contributed by atoms with van der Waals surface area (Å²) in [7, 11) is 0. The smallest absolute Gasteiger partial charge is 0.245 e. The highest BCUT2D eigenvalue weighted by molar-refractivity contribution is 5.83. The van der Waals surface area contributed by atoms with E-state index in [4.69, 9.17) is 5.11 Å². The van der Waals surface area contributed by atoms with Crippen LogP contribution < -0.4 is 5.32 Å². The lowest BCUT2D eigenvalue weighted by atomic mass is 10.1. The molecule has 0 saturated carbocycles. The molecule has 0 bridgehead atoms. The van der Waals surface area contributed by atoms with Crippen LogP contribution in [0.4, 0.5) is 0 Å². The third-order valence-corrected chi connectivity index (χ3v) is 4.84. The zero-order valence-electron chi connectivity index (χ0n) is 16.2. The molecule has 0 unspecified atom stereocenters. The average Bonchev–Trinajstić information content (AvgIpc) is 3.23. The van der Waals surface area contributed by atoms with Crippen LogP contribution >= 0.6 is 0 Å². The number of carbonyl (C=O) groups excluding carboxylic acids is 2. The van der Waals surface area contributed by atoms with Gasteiger partial charge in [0.2, 0.25) is 11.8 Å². The van der Waals surface area contributed by atoms with E-state index >= 15 is 0 Å². The Labute approximate surface area is 155 Å². The first kappa shape index (κ1) is 20.4. The highest BCUT2D eigenvalue weighted by atomic mass is 16.3. The number of likely N-dealkylation sites (N-methyl/N-ethyl adjacent to an activating group) is 1. The predicted octanol–water partition coefficient (Wildman–Crippen LogP) is 0.384. The van der Waals surface area contributed by atoms with Crippen molar-refractivity contribution in [1.29, 1.82) is 0 Å². The van der Waals surface area contributed by atoms with Crippen molar-refractivity contribution in [2.45, 2.75) is 58.8 Å². The SMILES string of the molecule is CCN(CC)C(=O)[C@@H]1C[C@H](NC(=O)CO)CN1Cc1cnn(C(C)C)c1. The first-order valence-electron chi connectivity index (χ1n) is 9.35. The van der Waals surface area contributed by atoms with Gasteiger partial charge >= 0.3 is 0 Å². The number of nitrogens with one attached hydrogen (secondary N) is 1. The Morgan fingerprint density at radius 3 is 2.62 bits per heavy atom. The van der Waals surface area contributed by atoms with Gasteiger partial charge in [-0.1, -0.05) is 0 Å². The van der Waals surface area contributed by atoms with Crippen LogP contribution in [0.25, 0.3) is 0 Å². The van der Waals surface area contributed by atoms with E-state index in [9.17, 15) is 9.59 Å². The fourth-order valence-electron chi connectivity index (χ4n) is 3.44. The van der Waals surface area contributed by atoms with E-state index in [-0.39, 0.29) is 24.0 Å². The van der Waals surface area contributed by atoms with Gasteiger partial charge in [-0.3, -0.25) is 19.2 Å². The highest BCUT2D eigenvalue weighted by Crippen LogP contribution is 2.23. The number of hydrogen-bond acceptors (Lipinski definition) is 5. The third kappa shape index (κ3) is 4.82. The highest BCUT2D eigenvalue weighted by Gasteiger charge is 2.38. The Morgan fingerprint density at radius 2 is 2.08 bits per heavy atom. The van der Waals surface area contributed by atoms with Crippen LogP contribution in [0.2, 0.25) is 0 Å². The second kappa shape index (κ2) is 9.14. The molecule has 0 radical (unpaired) electrons. The molecule has 1 aliphatic heterocycles. The second-order valence-corrected chi connectivity index (χ2v) is 7.04. The first-order chi connectivity index (χ1) is 12.4. The van der Waals surface area contributed by atoms with Gasteiger partial charge in [0.15, 0.2) is 0 Å². The molecule has 1 aromatic rings. The van der Waals surface area contributed by atoms with Crippen molar-refractivity contribution in [2.75, 3.05) is 26.2 Å². The lowest BCUT2D eigenvalue weighted by Gasteiger charge is -2.28. The molecular formula is C18H31N5O3. The van der Waals surface area contributed by atoms with E-state index in [1.807, 2.05) is 35.8 Å². The van der Waals surface area contributed by atoms with Crippen molar-refractivity contribution in [3.63, 3.8) is 0 Å². The Morgan fingerprint density at radius 1 is 1.38 bits per heavy atom. The summed E-state index contributed by atoms with van der Waals surface area (Å²) in [5.74, 6) is -0.314. The molecule has 2 atom stereocenters. The summed E-state index contributed by atoms with van der Waals surface area (Å²) in [5, 5.41) is 16.2. The second-order valence-electron chi connectivity index (χ2n) is 7.04. The van der Waals surface area contributed by atoms with Crippen LogP contribution in [0.3, 0.4) is 0 Å². The summed E-state index contributed by atoms with van der Waals surface area (Å²) in [5.41, 5.74) is 1.05. The lowest BCUT2D eigenvalue weighted by molar-refractivity contribution is -0.135. The molecule has 0 aliphatic carbocycles. The van der Waals surface area contributed by atoms with Gasteiger partial charge in [0.1, 0.15) is 6.61 Å². The number of rotatable bonds is 8. The number of amides is 2. The Hall–Kier alpha value is -1.93. The van der Waals surface area contributed by atoms with E-state index < -0.39 is 12.5 Å². The van der Waals surface area contributed by atoms with Crippen LogP contribution in [-0.4, -0.2) is 74.8 Å². The zero-order valence-corrected chi connectivity index (χ0v) is 16.2. The van der Waals surface area contributed by atoms with E-state index in [0.29, 0.717) is 32.6 Å². The molecule has 1 aromatic heterocycles. The molecule has 0 aromatic carbocycles. The minimum atomic E-state index is -0.535. The van der Waals surface area contributed by atoms with E-state index in [1.165, 1.54) is 0 Å². The van der Waals surface area contributed by atoms with Crippen molar-refractivity contribution in [2.24, 2.45) is 0 Å². The molecule has 1 aliphatic rings. The van der Waals surface area contributed by atoms with Crippen LogP contribution in [-0.2, 0) is 16.1 Å². The zero-order chi connectivity index (χ0) is 19.3. The average molecular weight is 365 g/mol. The third-order valence-electron chi connectivity index (χ3n) is 4.84. The largest absolute Gasteiger partial charge is 0.387 e. The summed E-state index contributed by atoms with van der Waals surface area (Å²) in [4.78, 5) is 28.4. The number of aliphatic hydroxyl groups excluding tert-OH is 1. The summed E-state index contributed by atoms with van der Waals surface area (Å²) in [6, 6.07) is -0.132. The number of aromatic nitrogens is 2. The number of aliphatic hydroxyl groups is 1. The monoisotopic (exact) mass is 365 g/mol. The van der Waals surface area contributed by atoms with Gasteiger partial charge in [-0.25, -0.2) is 0 Å². The Bertz CT molecular complexity index is 612. The normalized spacial score (nSPS) is 20.5. The molecule has 8 nitrogen and oxygen atoms in total. The summed E-state index contributed by atoms with van der Waals surface area (Å²) in [6.45, 7) is 10.1. The minimum absolute atomic E-state index is 0.0898. The molecule has 8 heteroatoms. The molecule has 0 spiro atoms. The van der Waals surface area contributed by atoms with Crippen molar-refractivity contribution in [3.8, 4) is 0 Å². The maximum Gasteiger partial charge on any atom is 0.245 e. The van der Waals surface area contributed by atoms with Crippen molar-refractivity contribution < 1.29 is 14.7 Å². The van der Waals surface area contributed by atoms with Gasteiger partial charge in [-0.15, -0.1) is 0 Å². The summed E-state index contributed by atoms with van der Waals surface area (Å²) < 4.78 is 1.90. The minimum Gasteiger partial charge on any atom is -0.387 e. The van der Waals surface area contributed by atoms with E-state index in [0.717, 1.165) is 5.56 Å². The molecule has 2 rings (SSSR count). The maximum absolute atomic E-state index is 12.9. The quantitative estimate of drug-likeness (QED) is 0.695. The van der Waals surface area contributed by atoms with Crippen LogP contribution in [0.15, 0.2) is 12.4 Å². The number of carbonyl (C=O) groups is 2. The van der Waals surface area contributed by atoms with Crippen molar-refractivity contribution >= 4 is 11.8 Å². The predicted molar refractivity (Wildman–Crippen MR) is 98.4 cm³/mol. The number of hydrogen-bond donors (Lipinski definition) is 2. The van der Waals surface area contributed by atoms with E-state index in [1.54, 1.807) is 0 Å². The molecular weight excluding hydrogens is 334 g/mol. The topological polar surface area (TPSA) is 90.7 Å². The van der Waals surface area contributed by atoms with Gasteiger partial charge in [0.05, 0.1) is 12.2 Å². The molecule has 2 heterocycles. The van der Waals surface area contributed by atoms with Crippen molar-refractivity contribution in [1.82, 2.24) is 24.9 Å². The molecule has 26 heavy (non-hydrogen) atoms. The maximum atomic E-state index is 12.9. The van der Waals surface area contributed by atoms with Gasteiger partial charge in [-0.2, -0.15) is 5.10 Å². The first-order valence-corrected chi connectivity index (χ1v) is 9.35. The molecule has 2 N–H and O–H groups in total. The fourth-order valence-corrected chi connectivity index (χ4v) is 3.44. The summed E-state index contributed by atoms with van der Waals surface area (Å²) in [6.07, 6.45) is 4.39. The fraction of sp³-hybridized carbons (Fsp3) is 0.722. The number of nitrogens with zero attached hydrogens (tertiary/aromatic N) is 4. The lowest BCUT2D eigenvalue weighted by Crippen LogP contribution is -2.45. The van der Waals surface area contributed by atoms with Crippen LogP contribution in [0.5, 0.6) is 0 Å². The van der Waals surface area contributed by atoms with E-state index in [2.05, 4.69) is 29.2 Å².